The van der Waals surface area contributed by atoms with E-state index < -0.39 is 6.43 Å². The maximum atomic E-state index is 12.9. The largest absolute Gasteiger partial charge is 0.314 e. The van der Waals surface area contributed by atoms with Crippen molar-refractivity contribution >= 4 is 15.9 Å². The molecule has 2 rings (SSSR count). The smallest absolute Gasteiger partial charge is 0.240 e. The molecule has 1 atom stereocenters. The van der Waals surface area contributed by atoms with E-state index in [1.165, 1.54) is 0 Å². The molecule has 0 aromatic heterocycles. The van der Waals surface area contributed by atoms with Gasteiger partial charge >= 0.3 is 0 Å². The Kier molecular flexibility index (Phi) is 5.30. The van der Waals surface area contributed by atoms with E-state index in [2.05, 4.69) is 26.1 Å². The molecule has 1 aromatic rings. The number of aryl methyl sites for hydroxylation is 1. The number of rotatable bonds is 4. The van der Waals surface area contributed by atoms with Crippen molar-refractivity contribution in [3.8, 4) is 0 Å². The van der Waals surface area contributed by atoms with Gasteiger partial charge < -0.3 is 5.32 Å². The van der Waals surface area contributed by atoms with Gasteiger partial charge in [0.2, 0.25) is 6.43 Å². The Balaban J connectivity index is 2.27. The number of benzene rings is 1. The molecule has 106 valence electrons. The number of nitrogens with one attached hydrogen (secondary N) is 1. The van der Waals surface area contributed by atoms with Crippen molar-refractivity contribution in [2.45, 2.75) is 25.8 Å². The van der Waals surface area contributed by atoms with Crippen molar-refractivity contribution in [2.24, 2.45) is 0 Å². The summed E-state index contributed by atoms with van der Waals surface area (Å²) in [5, 5.41) is 3.26. The van der Waals surface area contributed by atoms with Crippen LogP contribution in [0.3, 0.4) is 0 Å². The fourth-order valence-corrected chi connectivity index (χ4v) is 2.98. The molecule has 1 aromatic carbocycles. The van der Waals surface area contributed by atoms with Crippen molar-refractivity contribution in [1.82, 2.24) is 10.2 Å². The van der Waals surface area contributed by atoms with Gasteiger partial charge in [-0.1, -0.05) is 22.0 Å². The fraction of sp³-hybridized carbons (Fsp3) is 0.571. The Hall–Kier alpha value is -0.520. The lowest BCUT2D eigenvalue weighted by atomic mass is 9.97. The van der Waals surface area contributed by atoms with Crippen LogP contribution in [0.15, 0.2) is 22.7 Å². The number of piperazine rings is 1. The second-order valence-electron chi connectivity index (χ2n) is 4.93. The summed E-state index contributed by atoms with van der Waals surface area (Å²) in [6.07, 6.45) is -2.38. The van der Waals surface area contributed by atoms with Crippen LogP contribution < -0.4 is 5.32 Å². The summed E-state index contributed by atoms with van der Waals surface area (Å²) < 4.78 is 26.8. The number of nitrogens with zero attached hydrogens (tertiary/aromatic N) is 1. The first kappa shape index (κ1) is 14.9. The van der Waals surface area contributed by atoms with Crippen LogP contribution in [0.2, 0.25) is 0 Å². The quantitative estimate of drug-likeness (QED) is 0.909. The number of hydrogen-bond donors (Lipinski definition) is 1. The molecule has 0 unspecified atom stereocenters. The highest BCUT2D eigenvalue weighted by Gasteiger charge is 2.26. The molecule has 1 aliphatic rings. The molecule has 2 nitrogen and oxygen atoms in total. The summed E-state index contributed by atoms with van der Waals surface area (Å²) in [6.45, 7) is 5.37. The number of alkyl halides is 2. The molecule has 0 spiro atoms. The molecular formula is C14H19BrF2N2. The predicted octanol–water partition coefficient (Wildman–Crippen LogP) is 3.36. The van der Waals surface area contributed by atoms with Crippen molar-refractivity contribution in [2.75, 3.05) is 26.2 Å². The van der Waals surface area contributed by atoms with Gasteiger partial charge in [-0.15, -0.1) is 0 Å². The lowest BCUT2D eigenvalue weighted by Crippen LogP contribution is -2.45. The minimum Gasteiger partial charge on any atom is -0.314 e. The van der Waals surface area contributed by atoms with E-state index in [4.69, 9.17) is 0 Å². The summed E-state index contributed by atoms with van der Waals surface area (Å²) in [4.78, 5) is 2.16. The maximum Gasteiger partial charge on any atom is 0.240 e. The van der Waals surface area contributed by atoms with Crippen LogP contribution in [0.5, 0.6) is 0 Å². The van der Waals surface area contributed by atoms with Gasteiger partial charge in [0, 0.05) is 43.1 Å². The lowest BCUT2D eigenvalue weighted by Gasteiger charge is -2.36. The maximum absolute atomic E-state index is 12.9. The zero-order valence-electron chi connectivity index (χ0n) is 11.0. The molecule has 1 saturated heterocycles. The van der Waals surface area contributed by atoms with E-state index in [9.17, 15) is 8.78 Å². The molecule has 0 bridgehead atoms. The van der Waals surface area contributed by atoms with Crippen LogP contribution in [0, 0.1) is 6.92 Å². The second kappa shape index (κ2) is 6.77. The van der Waals surface area contributed by atoms with Crippen molar-refractivity contribution in [1.29, 1.82) is 0 Å². The molecule has 0 amide bonds. The average molecular weight is 333 g/mol. The summed E-state index contributed by atoms with van der Waals surface area (Å²) in [5.41, 5.74) is 2.09. The van der Waals surface area contributed by atoms with E-state index in [0.29, 0.717) is 0 Å². The van der Waals surface area contributed by atoms with Gasteiger partial charge in [0.25, 0.3) is 0 Å². The third-order valence-electron chi connectivity index (χ3n) is 3.59. The van der Waals surface area contributed by atoms with E-state index >= 15 is 0 Å². The monoisotopic (exact) mass is 332 g/mol. The Bertz CT molecular complexity index is 420. The zero-order valence-corrected chi connectivity index (χ0v) is 12.6. The van der Waals surface area contributed by atoms with Crippen molar-refractivity contribution in [3.05, 3.63) is 33.8 Å². The summed E-state index contributed by atoms with van der Waals surface area (Å²) >= 11 is 3.44. The molecule has 0 radical (unpaired) electrons. The molecule has 1 fully saturated rings. The normalized spacial score (nSPS) is 18.8. The van der Waals surface area contributed by atoms with Crippen LogP contribution in [0.25, 0.3) is 0 Å². The number of hydrogen-bond acceptors (Lipinski definition) is 2. The molecule has 5 heteroatoms. The molecule has 1 aliphatic heterocycles. The topological polar surface area (TPSA) is 15.3 Å². The van der Waals surface area contributed by atoms with E-state index in [-0.39, 0.29) is 12.5 Å². The van der Waals surface area contributed by atoms with Gasteiger partial charge in [-0.3, -0.25) is 4.90 Å². The van der Waals surface area contributed by atoms with Gasteiger partial charge in [-0.05, 0) is 30.2 Å². The van der Waals surface area contributed by atoms with Crippen LogP contribution in [0.1, 0.15) is 23.6 Å². The highest BCUT2D eigenvalue weighted by molar-refractivity contribution is 9.10. The molecule has 1 N–H and O–H groups in total. The van der Waals surface area contributed by atoms with Crippen LogP contribution >= 0.6 is 15.9 Å². The first-order valence-electron chi connectivity index (χ1n) is 6.57. The van der Waals surface area contributed by atoms with E-state index in [1.54, 1.807) is 0 Å². The molecule has 0 saturated carbocycles. The van der Waals surface area contributed by atoms with Crippen LogP contribution in [-0.2, 0) is 0 Å². The highest BCUT2D eigenvalue weighted by atomic mass is 79.9. The summed E-state index contributed by atoms with van der Waals surface area (Å²) in [7, 11) is 0. The molecular weight excluding hydrogens is 314 g/mol. The van der Waals surface area contributed by atoms with Gasteiger partial charge in [0.15, 0.2) is 0 Å². The molecule has 19 heavy (non-hydrogen) atoms. The summed E-state index contributed by atoms with van der Waals surface area (Å²) in [6, 6.07) is 5.72. The average Bonchev–Trinajstić information content (AvgIpc) is 2.40. The van der Waals surface area contributed by atoms with Crippen molar-refractivity contribution < 1.29 is 8.78 Å². The third kappa shape index (κ3) is 3.97. The standard InChI is InChI=1S/C14H19BrF2N2/c1-10-2-3-11(15)8-12(10)13(9-14(16)17)19-6-4-18-5-7-19/h2-3,8,13-14,18H,4-7,9H2,1H3/t13-/m1/s1. The van der Waals surface area contributed by atoms with Crippen LogP contribution in [-0.4, -0.2) is 37.5 Å². The minimum atomic E-state index is -2.28. The first-order chi connectivity index (χ1) is 9.08. The minimum absolute atomic E-state index is 0.0999. The molecule has 0 aliphatic carbocycles. The third-order valence-corrected chi connectivity index (χ3v) is 4.09. The van der Waals surface area contributed by atoms with E-state index in [0.717, 1.165) is 41.8 Å². The Morgan fingerprint density at radius 3 is 2.63 bits per heavy atom. The fourth-order valence-electron chi connectivity index (χ4n) is 2.61. The van der Waals surface area contributed by atoms with Gasteiger partial charge in [-0.2, -0.15) is 0 Å². The SMILES string of the molecule is Cc1ccc(Br)cc1[C@@H](CC(F)F)N1CCNCC1. The van der Waals surface area contributed by atoms with E-state index in [1.807, 2.05) is 25.1 Å². The Morgan fingerprint density at radius 2 is 2.00 bits per heavy atom. The second-order valence-corrected chi connectivity index (χ2v) is 5.85. The van der Waals surface area contributed by atoms with Gasteiger partial charge in [0.05, 0.1) is 0 Å². The van der Waals surface area contributed by atoms with Crippen molar-refractivity contribution in [3.63, 3.8) is 0 Å². The van der Waals surface area contributed by atoms with Crippen LogP contribution in [0.4, 0.5) is 8.78 Å². The predicted molar refractivity (Wildman–Crippen MR) is 76.7 cm³/mol. The Morgan fingerprint density at radius 1 is 1.32 bits per heavy atom. The van der Waals surface area contributed by atoms with Gasteiger partial charge in [-0.25, -0.2) is 8.78 Å². The lowest BCUT2D eigenvalue weighted by molar-refractivity contribution is 0.0737. The zero-order chi connectivity index (χ0) is 13.8. The first-order valence-corrected chi connectivity index (χ1v) is 7.36. The summed E-state index contributed by atoms with van der Waals surface area (Å²) in [5.74, 6) is 0. The van der Waals surface area contributed by atoms with Gasteiger partial charge in [0.1, 0.15) is 0 Å². The number of halogens is 3. The highest BCUT2D eigenvalue weighted by Crippen LogP contribution is 2.31. The molecule has 1 heterocycles. The Labute approximate surface area is 121 Å².